The van der Waals surface area contributed by atoms with Gasteiger partial charge < -0.3 is 19.5 Å². The van der Waals surface area contributed by atoms with Crippen LogP contribution in [-0.2, 0) is 11.4 Å². The van der Waals surface area contributed by atoms with Crippen LogP contribution in [0.4, 0.5) is 10.2 Å². The van der Waals surface area contributed by atoms with Crippen LogP contribution >= 0.6 is 0 Å². The van der Waals surface area contributed by atoms with Crippen molar-refractivity contribution in [1.29, 1.82) is 0 Å². The molecule has 2 aliphatic rings. The second-order valence-electron chi connectivity index (χ2n) is 7.88. The van der Waals surface area contributed by atoms with Crippen molar-refractivity contribution < 1.29 is 18.4 Å². The number of carbonyl (C=O) groups excluding carboxylic acids is 1. The van der Waals surface area contributed by atoms with Gasteiger partial charge in [-0.1, -0.05) is 5.16 Å². The topological polar surface area (TPSA) is 96.6 Å². The first-order chi connectivity index (χ1) is 15.6. The highest BCUT2D eigenvalue weighted by molar-refractivity contribution is 5.83. The molecule has 0 spiro atoms. The highest BCUT2D eigenvalue weighted by Gasteiger charge is 2.35. The van der Waals surface area contributed by atoms with Gasteiger partial charge in [0.2, 0.25) is 11.8 Å². The van der Waals surface area contributed by atoms with Gasteiger partial charge in [-0.15, -0.1) is 10.2 Å². The number of benzene rings is 1. The maximum absolute atomic E-state index is 13.2. The number of hydrogen-bond acceptors (Lipinski definition) is 8. The summed E-state index contributed by atoms with van der Waals surface area (Å²) in [5.41, 5.74) is 2.12. The molecule has 3 aromatic rings. The minimum Gasteiger partial charge on any atom is -0.472 e. The SMILES string of the molecule is Cc1onc(-c2ccc(F)cc2)c1COc1ccc(N2CCN3CCNC(=O)C3C2)nn1. The van der Waals surface area contributed by atoms with Crippen molar-refractivity contribution in [1.82, 2.24) is 25.6 Å². The summed E-state index contributed by atoms with van der Waals surface area (Å²) in [5.74, 6) is 1.46. The van der Waals surface area contributed by atoms with Crippen LogP contribution in [0.5, 0.6) is 5.88 Å². The molecule has 2 saturated heterocycles. The van der Waals surface area contributed by atoms with E-state index in [0.717, 1.165) is 30.8 Å². The van der Waals surface area contributed by atoms with Crippen molar-refractivity contribution in [2.24, 2.45) is 0 Å². The molecule has 32 heavy (non-hydrogen) atoms. The Bertz CT molecular complexity index is 1100. The zero-order valence-electron chi connectivity index (χ0n) is 17.6. The van der Waals surface area contributed by atoms with E-state index in [1.807, 2.05) is 6.07 Å². The van der Waals surface area contributed by atoms with Crippen molar-refractivity contribution in [2.75, 3.05) is 37.6 Å². The van der Waals surface area contributed by atoms with Crippen LogP contribution in [0.2, 0.25) is 0 Å². The van der Waals surface area contributed by atoms with Crippen molar-refractivity contribution in [3.63, 3.8) is 0 Å². The van der Waals surface area contributed by atoms with E-state index in [-0.39, 0.29) is 24.4 Å². The normalized spacial score (nSPS) is 18.9. The fourth-order valence-corrected chi connectivity index (χ4v) is 4.09. The lowest BCUT2D eigenvalue weighted by molar-refractivity contribution is -0.129. The first-order valence-corrected chi connectivity index (χ1v) is 10.5. The van der Waals surface area contributed by atoms with E-state index in [0.29, 0.717) is 36.2 Å². The first kappa shape index (κ1) is 20.4. The third-order valence-electron chi connectivity index (χ3n) is 5.91. The van der Waals surface area contributed by atoms with Crippen LogP contribution in [0.15, 0.2) is 40.9 Å². The van der Waals surface area contributed by atoms with Crippen LogP contribution < -0.4 is 15.0 Å². The Morgan fingerprint density at radius 1 is 1.16 bits per heavy atom. The van der Waals surface area contributed by atoms with Gasteiger partial charge in [-0.05, 0) is 37.3 Å². The predicted octanol–water partition coefficient (Wildman–Crippen LogP) is 1.78. The summed E-state index contributed by atoms with van der Waals surface area (Å²) >= 11 is 0. The Kier molecular flexibility index (Phi) is 5.44. The number of piperazine rings is 2. The Balaban J connectivity index is 1.25. The van der Waals surface area contributed by atoms with E-state index in [2.05, 4.69) is 30.5 Å². The number of anilines is 1. The molecule has 10 heteroatoms. The number of aryl methyl sites for hydroxylation is 1. The number of ether oxygens (including phenoxy) is 1. The van der Waals surface area contributed by atoms with Gasteiger partial charge in [0.05, 0.1) is 5.56 Å². The van der Waals surface area contributed by atoms with E-state index in [9.17, 15) is 9.18 Å². The zero-order chi connectivity index (χ0) is 22.1. The summed E-state index contributed by atoms with van der Waals surface area (Å²) < 4.78 is 24.4. The van der Waals surface area contributed by atoms with Crippen LogP contribution in [-0.4, -0.2) is 64.9 Å². The van der Waals surface area contributed by atoms with Gasteiger partial charge in [0.25, 0.3) is 0 Å². The van der Waals surface area contributed by atoms with Gasteiger partial charge >= 0.3 is 0 Å². The Morgan fingerprint density at radius 2 is 2.00 bits per heavy atom. The van der Waals surface area contributed by atoms with Crippen molar-refractivity contribution >= 4 is 11.7 Å². The standard InChI is InChI=1S/C22H23FN6O3/c1-14-17(21(27-32-14)15-2-4-16(23)5-3-15)13-31-20-7-6-19(25-26-20)29-11-10-28-9-8-24-22(30)18(28)12-29/h2-7,18H,8-13H2,1H3,(H,24,30). The molecule has 1 aromatic carbocycles. The second-order valence-corrected chi connectivity index (χ2v) is 7.88. The Hall–Kier alpha value is -3.53. The van der Waals surface area contributed by atoms with Gasteiger partial charge in [-0.2, -0.15) is 0 Å². The van der Waals surface area contributed by atoms with Crippen LogP contribution in [0, 0.1) is 12.7 Å². The number of nitrogens with zero attached hydrogens (tertiary/aromatic N) is 5. The molecule has 0 saturated carbocycles. The van der Waals surface area contributed by atoms with Gasteiger partial charge in [0.1, 0.15) is 29.9 Å². The monoisotopic (exact) mass is 438 g/mol. The van der Waals surface area contributed by atoms with Crippen LogP contribution in [0.3, 0.4) is 0 Å². The fourth-order valence-electron chi connectivity index (χ4n) is 4.09. The largest absolute Gasteiger partial charge is 0.472 e. The summed E-state index contributed by atoms with van der Waals surface area (Å²) in [6.07, 6.45) is 0. The van der Waals surface area contributed by atoms with E-state index in [4.69, 9.17) is 9.26 Å². The third kappa shape index (κ3) is 4.01. The lowest BCUT2D eigenvalue weighted by Crippen LogP contribution is -2.64. The Morgan fingerprint density at radius 3 is 2.78 bits per heavy atom. The number of aromatic nitrogens is 3. The van der Waals surface area contributed by atoms with Crippen molar-refractivity contribution in [3.05, 3.63) is 53.5 Å². The molecule has 0 radical (unpaired) electrons. The second kappa shape index (κ2) is 8.54. The maximum atomic E-state index is 13.2. The summed E-state index contributed by atoms with van der Waals surface area (Å²) in [6.45, 7) is 5.77. The molecule has 2 fully saturated rings. The van der Waals surface area contributed by atoms with E-state index in [1.54, 1.807) is 25.1 Å². The van der Waals surface area contributed by atoms with Gasteiger partial charge in [-0.25, -0.2) is 4.39 Å². The zero-order valence-corrected chi connectivity index (χ0v) is 17.6. The van der Waals surface area contributed by atoms with E-state index >= 15 is 0 Å². The molecule has 0 aliphatic carbocycles. The molecule has 1 amide bonds. The molecule has 166 valence electrons. The minimum atomic E-state index is -0.312. The number of amides is 1. The molecule has 5 rings (SSSR count). The van der Waals surface area contributed by atoms with Gasteiger partial charge in [-0.3, -0.25) is 9.69 Å². The molecule has 2 aliphatic heterocycles. The molecule has 1 N–H and O–H groups in total. The van der Waals surface area contributed by atoms with Crippen molar-refractivity contribution in [3.8, 4) is 17.1 Å². The molecule has 1 unspecified atom stereocenters. The molecular formula is C22H23FN6O3. The number of halogens is 1. The summed E-state index contributed by atoms with van der Waals surface area (Å²) in [4.78, 5) is 16.4. The summed E-state index contributed by atoms with van der Waals surface area (Å²) in [5, 5.41) is 15.5. The molecule has 2 aromatic heterocycles. The van der Waals surface area contributed by atoms with E-state index < -0.39 is 0 Å². The smallest absolute Gasteiger partial charge is 0.239 e. The highest BCUT2D eigenvalue weighted by atomic mass is 19.1. The third-order valence-corrected chi connectivity index (χ3v) is 5.91. The van der Waals surface area contributed by atoms with Gasteiger partial charge in [0.15, 0.2) is 5.82 Å². The van der Waals surface area contributed by atoms with E-state index in [1.165, 1.54) is 12.1 Å². The number of nitrogens with one attached hydrogen (secondary N) is 1. The molecular weight excluding hydrogens is 415 g/mol. The highest BCUT2D eigenvalue weighted by Crippen LogP contribution is 2.27. The summed E-state index contributed by atoms with van der Waals surface area (Å²) in [6, 6.07) is 9.51. The van der Waals surface area contributed by atoms with Gasteiger partial charge in [0, 0.05) is 44.4 Å². The lowest BCUT2D eigenvalue weighted by Gasteiger charge is -2.43. The fraction of sp³-hybridized carbons (Fsp3) is 0.364. The number of carbonyl (C=O) groups is 1. The van der Waals surface area contributed by atoms with Crippen LogP contribution in [0.25, 0.3) is 11.3 Å². The molecule has 9 nitrogen and oxygen atoms in total. The summed E-state index contributed by atoms with van der Waals surface area (Å²) in [7, 11) is 0. The maximum Gasteiger partial charge on any atom is 0.239 e. The average molecular weight is 438 g/mol. The molecule has 1 atom stereocenters. The van der Waals surface area contributed by atoms with Crippen molar-refractivity contribution in [2.45, 2.75) is 19.6 Å². The molecule has 0 bridgehead atoms. The molecule has 4 heterocycles. The average Bonchev–Trinajstić information content (AvgIpc) is 3.19. The lowest BCUT2D eigenvalue weighted by atomic mass is 10.1. The predicted molar refractivity (Wildman–Crippen MR) is 114 cm³/mol. The quantitative estimate of drug-likeness (QED) is 0.644. The number of rotatable bonds is 5. The first-order valence-electron chi connectivity index (χ1n) is 10.5. The number of fused-ring (bicyclic) bond motifs is 1. The van der Waals surface area contributed by atoms with Crippen LogP contribution in [0.1, 0.15) is 11.3 Å². The Labute approximate surface area is 184 Å². The number of hydrogen-bond donors (Lipinski definition) is 1. The minimum absolute atomic E-state index is 0.0647.